The van der Waals surface area contributed by atoms with E-state index in [1.165, 1.54) is 0 Å². The van der Waals surface area contributed by atoms with Crippen LogP contribution in [0.1, 0.15) is 57.1 Å². The van der Waals surface area contributed by atoms with Gasteiger partial charge in [-0.25, -0.2) is 4.68 Å². The number of aromatic nitrogens is 9. The molecule has 0 saturated heterocycles. The number of aldehydes is 1. The van der Waals surface area contributed by atoms with E-state index in [4.69, 9.17) is 16.2 Å². The van der Waals surface area contributed by atoms with Crippen LogP contribution in [-0.4, -0.2) is 69.7 Å². The molecule has 0 aliphatic carbocycles. The monoisotopic (exact) mass is 689 g/mol. The van der Waals surface area contributed by atoms with E-state index < -0.39 is 0 Å². The number of rotatable bonds is 7. The van der Waals surface area contributed by atoms with Crippen molar-refractivity contribution in [2.24, 2.45) is 21.1 Å². The molecule has 14 heteroatoms. The molecule has 6 rings (SSSR count). The molecular weight excluding hydrogens is 645 g/mol. The van der Waals surface area contributed by atoms with Crippen molar-refractivity contribution >= 4 is 20.3 Å². The van der Waals surface area contributed by atoms with Crippen LogP contribution in [0.15, 0.2) is 73.3 Å². The molecule has 51 heavy (non-hydrogen) atoms. The number of hydrogen-bond acceptors (Lipinski definition) is 9. The Morgan fingerprint density at radius 2 is 1.51 bits per heavy atom. The molecule has 0 atom stereocenters. The summed E-state index contributed by atoms with van der Waals surface area (Å²) >= 11 is 0. The van der Waals surface area contributed by atoms with Gasteiger partial charge < -0.3 is 9.76 Å². The van der Waals surface area contributed by atoms with Gasteiger partial charge in [0.2, 0.25) is 0 Å². The van der Waals surface area contributed by atoms with Gasteiger partial charge in [-0.2, -0.15) is 15.3 Å². The second kappa shape index (κ2) is 19.8. The van der Waals surface area contributed by atoms with Crippen molar-refractivity contribution in [3.63, 3.8) is 0 Å². The fourth-order valence-corrected chi connectivity index (χ4v) is 4.49. The van der Waals surface area contributed by atoms with Gasteiger partial charge in [0, 0.05) is 38.1 Å². The number of aryl methyl sites for hydroxylation is 4. The van der Waals surface area contributed by atoms with E-state index in [0.717, 1.165) is 62.6 Å². The lowest BCUT2D eigenvalue weighted by Gasteiger charge is -2.09. The molecule has 0 spiro atoms. The minimum atomic E-state index is -0.265. The van der Waals surface area contributed by atoms with E-state index in [0.29, 0.717) is 5.56 Å². The molecule has 0 unspecified atom stereocenters. The van der Waals surface area contributed by atoms with Crippen LogP contribution in [0.4, 0.5) is 0 Å². The smallest absolute Gasteiger partial charge is 0.310 e. The second-order valence-corrected chi connectivity index (χ2v) is 11.1. The van der Waals surface area contributed by atoms with Crippen LogP contribution >= 0.6 is 0 Å². The molecule has 264 valence electrons. The predicted octanol–water partition coefficient (Wildman–Crippen LogP) is 4.52. The molecule has 0 amide bonds. The Balaban J connectivity index is 0.000000350. The average Bonchev–Trinajstić information content (AvgIpc) is 3.91. The first kappa shape index (κ1) is 41.1. The highest BCUT2D eigenvalue weighted by molar-refractivity contribution is 5.95. The molecular formula is C37H44BN9O4. The van der Waals surface area contributed by atoms with Crippen molar-refractivity contribution in [1.82, 2.24) is 44.3 Å². The summed E-state index contributed by atoms with van der Waals surface area (Å²) in [6.45, 7) is 8.08. The van der Waals surface area contributed by atoms with Gasteiger partial charge in [0.25, 0.3) is 8.05 Å². The number of ether oxygens (including phenoxy) is 1. The highest BCUT2D eigenvalue weighted by atomic mass is 16.5. The second-order valence-electron chi connectivity index (χ2n) is 11.1. The largest absolute Gasteiger partial charge is 0.461 e. The number of nitrogens with zero attached hydrogens (tertiary/aromatic N) is 9. The first-order valence-electron chi connectivity index (χ1n) is 15.4. The summed E-state index contributed by atoms with van der Waals surface area (Å²) in [7, 11) is 9.08. The van der Waals surface area contributed by atoms with Crippen LogP contribution in [0.3, 0.4) is 0 Å². The minimum Gasteiger partial charge on any atom is -0.461 e. The summed E-state index contributed by atoms with van der Waals surface area (Å²) < 4.78 is 12.4. The zero-order valence-corrected chi connectivity index (χ0v) is 29.3. The van der Waals surface area contributed by atoms with Crippen LogP contribution in [0.2, 0.25) is 0 Å². The number of esters is 1. The topological polar surface area (TPSA) is 148 Å². The third kappa shape index (κ3) is 11.0. The maximum atomic E-state index is 12.3. The van der Waals surface area contributed by atoms with E-state index in [2.05, 4.69) is 39.6 Å². The van der Waals surface area contributed by atoms with Crippen molar-refractivity contribution in [3.05, 3.63) is 118 Å². The van der Waals surface area contributed by atoms with E-state index in [9.17, 15) is 9.59 Å². The van der Waals surface area contributed by atoms with Gasteiger partial charge in [0.1, 0.15) is 12.3 Å². The Morgan fingerprint density at radius 3 is 2.02 bits per heavy atom. The van der Waals surface area contributed by atoms with Crippen LogP contribution < -0.4 is 0 Å². The third-order valence-electron chi connectivity index (χ3n) is 7.91. The van der Waals surface area contributed by atoms with E-state index in [1.54, 1.807) is 37.3 Å². The summed E-state index contributed by atoms with van der Waals surface area (Å²) in [5, 5.41) is 27.2. The van der Waals surface area contributed by atoms with Crippen molar-refractivity contribution in [2.45, 2.75) is 48.1 Å². The molecule has 13 nitrogen and oxygen atoms in total. The van der Waals surface area contributed by atoms with Gasteiger partial charge in [-0.05, 0) is 50.5 Å². The lowest BCUT2D eigenvalue weighted by Crippen LogP contribution is -2.09. The Bertz CT molecular complexity index is 2050. The lowest BCUT2D eigenvalue weighted by atomic mass is 10.1. The zero-order chi connectivity index (χ0) is 36.8. The van der Waals surface area contributed by atoms with Gasteiger partial charge in [-0.15, -0.1) is 11.5 Å². The van der Waals surface area contributed by atoms with Crippen molar-refractivity contribution in [2.75, 3.05) is 0 Å². The summed E-state index contributed by atoms with van der Waals surface area (Å²) in [6.07, 6.45) is 13.1. The summed E-state index contributed by atoms with van der Waals surface area (Å²) in [5.41, 5.74) is 9.96. The third-order valence-corrected chi connectivity index (χ3v) is 7.91. The van der Waals surface area contributed by atoms with Gasteiger partial charge in [0.05, 0.1) is 53.7 Å². The molecule has 6 aromatic rings. The Morgan fingerprint density at radius 1 is 0.882 bits per heavy atom. The normalized spacial score (nSPS) is 9.78. The Labute approximate surface area is 300 Å². The summed E-state index contributed by atoms with van der Waals surface area (Å²) in [5.74, 6) is 2.27. The van der Waals surface area contributed by atoms with Gasteiger partial charge in [-0.1, -0.05) is 61.0 Å². The molecule has 0 aliphatic rings. The molecule has 4 heterocycles. The van der Waals surface area contributed by atoms with Crippen molar-refractivity contribution in [1.29, 1.82) is 0 Å². The SMILES string of the molecule is C.C#Cc1cnn(C)c1C.Cc1c(C=O)cnn1C.Cc1ccc(CC(=O)OCc2ccccc2)cc1-n1cc(-c2cnn(C)c2C)nn1.[B]O. The number of hydrogen-bond donors (Lipinski definition) is 1. The Hall–Kier alpha value is -6.07. The van der Waals surface area contributed by atoms with Gasteiger partial charge >= 0.3 is 5.97 Å². The van der Waals surface area contributed by atoms with E-state index in [-0.39, 0.29) is 26.4 Å². The molecule has 0 saturated carbocycles. The van der Waals surface area contributed by atoms with Crippen LogP contribution in [0.25, 0.3) is 16.9 Å². The quantitative estimate of drug-likeness (QED) is 0.111. The molecule has 1 N–H and O–H groups in total. The highest BCUT2D eigenvalue weighted by Crippen LogP contribution is 2.23. The maximum absolute atomic E-state index is 12.3. The number of terminal acetylenes is 1. The summed E-state index contributed by atoms with van der Waals surface area (Å²) in [6, 6.07) is 15.5. The predicted molar refractivity (Wildman–Crippen MR) is 197 cm³/mol. The molecule has 0 fully saturated rings. The molecule has 2 radical (unpaired) electrons. The average molecular weight is 690 g/mol. The molecule has 0 aliphatic heterocycles. The number of benzene rings is 2. The van der Waals surface area contributed by atoms with Crippen LogP contribution in [0.5, 0.6) is 0 Å². The van der Waals surface area contributed by atoms with Crippen molar-refractivity contribution < 1.29 is 19.3 Å². The fourth-order valence-electron chi connectivity index (χ4n) is 4.49. The highest BCUT2D eigenvalue weighted by Gasteiger charge is 2.14. The molecule has 0 bridgehead atoms. The number of carbonyl (C=O) groups excluding carboxylic acids is 2. The molecule has 4 aromatic heterocycles. The first-order valence-corrected chi connectivity index (χ1v) is 15.4. The molecule has 2 aromatic carbocycles. The Kier molecular flexibility index (Phi) is 16.0. The van der Waals surface area contributed by atoms with E-state index >= 15 is 0 Å². The maximum Gasteiger partial charge on any atom is 0.310 e. The van der Waals surface area contributed by atoms with Gasteiger partial charge in [-0.3, -0.25) is 23.6 Å². The number of carbonyl (C=O) groups is 2. The van der Waals surface area contributed by atoms with E-state index in [1.807, 2.05) is 104 Å². The lowest BCUT2D eigenvalue weighted by molar-refractivity contribution is -0.144. The van der Waals surface area contributed by atoms with Crippen LogP contribution in [0, 0.1) is 40.0 Å². The minimum absolute atomic E-state index is 0. The standard InChI is InChI=1S/C23H23N5O2.C7H8N2.C6H8N2O.CH4.BHO/c1-16-9-10-19(12-23(29)30-15-18-7-5-4-6-8-18)11-22(16)28-14-21(25-26-28)20-13-24-27(3)17(20)2;1-4-7-5-8-9(3)6(7)2;1-5-6(4-9)3-7-8(5)2;;1-2/h4-11,13-14H,12,15H2,1-3H3;1,5H,2-3H3;3-4H,1-2H3;1H4;2H. The van der Waals surface area contributed by atoms with Gasteiger partial charge in [0.15, 0.2) is 6.29 Å². The first-order chi connectivity index (χ1) is 24.0. The van der Waals surface area contributed by atoms with Crippen molar-refractivity contribution in [3.8, 4) is 29.3 Å². The fraction of sp³-hybridized carbons (Fsp3) is 0.270. The van der Waals surface area contributed by atoms with Crippen LogP contribution in [-0.2, 0) is 43.7 Å². The summed E-state index contributed by atoms with van der Waals surface area (Å²) in [4.78, 5) is 22.5. The zero-order valence-electron chi connectivity index (χ0n) is 29.3.